The molecule has 0 saturated carbocycles. The van der Waals surface area contributed by atoms with Gasteiger partial charge in [-0.2, -0.15) is 11.3 Å². The lowest BCUT2D eigenvalue weighted by Gasteiger charge is -2.35. The molecule has 3 aromatic rings. The number of carbonyl (C=O) groups excluding carboxylic acids is 1. The van der Waals surface area contributed by atoms with Gasteiger partial charge in [0.1, 0.15) is 21.5 Å². The van der Waals surface area contributed by atoms with Crippen LogP contribution in [0, 0.1) is 6.92 Å². The van der Waals surface area contributed by atoms with E-state index in [9.17, 15) is 4.79 Å². The number of methoxy groups -OCH3 is 1. The van der Waals surface area contributed by atoms with Crippen LogP contribution in [0.4, 0.5) is 5.82 Å². The summed E-state index contributed by atoms with van der Waals surface area (Å²) in [5.74, 6) is 1.75. The third kappa shape index (κ3) is 3.68. The van der Waals surface area contributed by atoms with Crippen LogP contribution in [0.15, 0.2) is 35.2 Å². The molecule has 1 aliphatic heterocycles. The average molecular weight is 401 g/mol. The summed E-state index contributed by atoms with van der Waals surface area (Å²) in [6.45, 7) is 4.75. The molecule has 1 saturated heterocycles. The predicted octanol–water partition coefficient (Wildman–Crippen LogP) is 3.55. The van der Waals surface area contributed by atoms with Gasteiger partial charge in [0.25, 0.3) is 5.91 Å². The van der Waals surface area contributed by atoms with Crippen LogP contribution in [0.3, 0.4) is 0 Å². The minimum atomic E-state index is 0.0738. The highest BCUT2D eigenvalue weighted by atomic mass is 32.1. The van der Waals surface area contributed by atoms with Gasteiger partial charge in [-0.25, -0.2) is 9.97 Å². The largest absolute Gasteiger partial charge is 0.497 e. The first kappa shape index (κ1) is 17.9. The lowest BCUT2D eigenvalue weighted by molar-refractivity contribution is 0.0750. The zero-order valence-electron chi connectivity index (χ0n) is 15.2. The molecule has 4 heterocycles. The molecule has 8 heteroatoms. The third-order valence-corrected chi connectivity index (χ3v) is 6.48. The van der Waals surface area contributed by atoms with Gasteiger partial charge in [0, 0.05) is 49.4 Å². The van der Waals surface area contributed by atoms with Crippen molar-refractivity contribution in [2.24, 2.45) is 0 Å². The van der Waals surface area contributed by atoms with Gasteiger partial charge >= 0.3 is 0 Å². The molecule has 1 amide bonds. The number of nitrogens with zero attached hydrogens (tertiary/aromatic N) is 4. The maximum Gasteiger partial charge on any atom is 0.265 e. The van der Waals surface area contributed by atoms with E-state index in [1.165, 1.54) is 11.3 Å². The summed E-state index contributed by atoms with van der Waals surface area (Å²) in [5.41, 5.74) is 1.89. The number of hydrogen-bond acceptors (Lipinski definition) is 7. The normalized spacial score (nSPS) is 14.4. The molecule has 6 nitrogen and oxygen atoms in total. The second-order valence-corrected chi connectivity index (χ2v) is 8.06. The zero-order valence-corrected chi connectivity index (χ0v) is 16.8. The van der Waals surface area contributed by atoms with Gasteiger partial charge in [-0.05, 0) is 24.4 Å². The molecule has 140 valence electrons. The minimum absolute atomic E-state index is 0.0738. The summed E-state index contributed by atoms with van der Waals surface area (Å²) in [5, 5.41) is 5.00. The number of pyridine rings is 1. The van der Waals surface area contributed by atoms with Crippen LogP contribution in [-0.4, -0.2) is 54.1 Å². The second-order valence-electron chi connectivity index (χ2n) is 6.28. The molecule has 0 unspecified atom stereocenters. The molecular formula is C19H20N4O2S2. The van der Waals surface area contributed by atoms with Gasteiger partial charge in [0.15, 0.2) is 0 Å². The van der Waals surface area contributed by atoms with Crippen molar-refractivity contribution in [3.05, 3.63) is 45.7 Å². The van der Waals surface area contributed by atoms with E-state index in [-0.39, 0.29) is 5.91 Å². The predicted molar refractivity (Wildman–Crippen MR) is 109 cm³/mol. The monoisotopic (exact) mass is 400 g/mol. The highest BCUT2D eigenvalue weighted by Crippen LogP contribution is 2.30. The summed E-state index contributed by atoms with van der Waals surface area (Å²) in [6.07, 6.45) is 1.75. The number of anilines is 1. The van der Waals surface area contributed by atoms with Gasteiger partial charge < -0.3 is 14.5 Å². The van der Waals surface area contributed by atoms with Crippen molar-refractivity contribution in [1.29, 1.82) is 0 Å². The standard InChI is InChI=1S/C19H20N4O2S2/c1-13-17(27-18(21-13)14-4-10-26-12-14)19(24)23-8-6-22(7-9-23)16-11-15(25-2)3-5-20-16/h3-5,10-12H,6-9H2,1-2H3. The van der Waals surface area contributed by atoms with Crippen LogP contribution in [0.5, 0.6) is 5.75 Å². The molecule has 3 aromatic heterocycles. The third-order valence-electron chi connectivity index (χ3n) is 4.60. The molecule has 0 radical (unpaired) electrons. The molecule has 0 spiro atoms. The van der Waals surface area contributed by atoms with Crippen molar-refractivity contribution in [2.75, 3.05) is 38.2 Å². The van der Waals surface area contributed by atoms with E-state index < -0.39 is 0 Å². The summed E-state index contributed by atoms with van der Waals surface area (Å²) in [7, 11) is 1.65. The van der Waals surface area contributed by atoms with E-state index in [2.05, 4.69) is 20.2 Å². The number of carbonyl (C=O) groups is 1. The first-order valence-corrected chi connectivity index (χ1v) is 10.5. The molecule has 0 aliphatic carbocycles. The summed E-state index contributed by atoms with van der Waals surface area (Å²) < 4.78 is 5.27. The second kappa shape index (κ2) is 7.66. The summed E-state index contributed by atoms with van der Waals surface area (Å²) in [4.78, 5) is 26.8. The molecular weight excluding hydrogens is 380 g/mol. The maximum absolute atomic E-state index is 13.0. The number of aryl methyl sites for hydroxylation is 1. The van der Waals surface area contributed by atoms with E-state index in [1.807, 2.05) is 35.4 Å². The quantitative estimate of drug-likeness (QED) is 0.670. The molecule has 0 bridgehead atoms. The average Bonchev–Trinajstić information content (AvgIpc) is 3.37. The fraction of sp³-hybridized carbons (Fsp3) is 0.316. The number of ether oxygens (including phenoxy) is 1. The lowest BCUT2D eigenvalue weighted by atomic mass is 10.2. The number of rotatable bonds is 4. The van der Waals surface area contributed by atoms with Crippen molar-refractivity contribution < 1.29 is 9.53 Å². The SMILES string of the molecule is COc1ccnc(N2CCN(C(=O)c3sc(-c4ccsc4)nc3C)CC2)c1. The number of hydrogen-bond donors (Lipinski definition) is 0. The molecule has 0 aromatic carbocycles. The van der Waals surface area contributed by atoms with E-state index in [4.69, 9.17) is 4.74 Å². The van der Waals surface area contributed by atoms with E-state index >= 15 is 0 Å². The first-order chi connectivity index (χ1) is 13.2. The Labute approximate surface area is 166 Å². The Morgan fingerprint density at radius 3 is 2.74 bits per heavy atom. The number of amides is 1. The Hall–Kier alpha value is -2.45. The Morgan fingerprint density at radius 2 is 2.04 bits per heavy atom. The lowest BCUT2D eigenvalue weighted by Crippen LogP contribution is -2.49. The molecule has 4 rings (SSSR count). The van der Waals surface area contributed by atoms with Crippen molar-refractivity contribution >= 4 is 34.4 Å². The van der Waals surface area contributed by atoms with E-state index in [1.54, 1.807) is 24.6 Å². The Kier molecular flexibility index (Phi) is 5.09. The van der Waals surface area contributed by atoms with Crippen LogP contribution in [0.1, 0.15) is 15.4 Å². The highest BCUT2D eigenvalue weighted by molar-refractivity contribution is 7.17. The van der Waals surface area contributed by atoms with Gasteiger partial charge in [-0.1, -0.05) is 0 Å². The molecule has 1 fully saturated rings. The topological polar surface area (TPSA) is 58.6 Å². The van der Waals surface area contributed by atoms with Crippen molar-refractivity contribution in [2.45, 2.75) is 6.92 Å². The Morgan fingerprint density at radius 1 is 1.22 bits per heavy atom. The van der Waals surface area contributed by atoms with Crippen LogP contribution < -0.4 is 9.64 Å². The van der Waals surface area contributed by atoms with E-state index in [0.717, 1.165) is 45.8 Å². The number of thiazole rings is 1. The van der Waals surface area contributed by atoms with Crippen LogP contribution in [0.2, 0.25) is 0 Å². The molecule has 27 heavy (non-hydrogen) atoms. The zero-order chi connectivity index (χ0) is 18.8. The van der Waals surface area contributed by atoms with Crippen molar-refractivity contribution in [3.8, 4) is 16.3 Å². The minimum Gasteiger partial charge on any atom is -0.497 e. The van der Waals surface area contributed by atoms with Crippen molar-refractivity contribution in [1.82, 2.24) is 14.9 Å². The number of piperazine rings is 1. The Balaban J connectivity index is 1.44. The van der Waals surface area contributed by atoms with Gasteiger partial charge in [-0.15, -0.1) is 11.3 Å². The van der Waals surface area contributed by atoms with Gasteiger partial charge in [0.05, 0.1) is 12.8 Å². The van der Waals surface area contributed by atoms with E-state index in [0.29, 0.717) is 13.1 Å². The van der Waals surface area contributed by atoms with Crippen LogP contribution in [0.25, 0.3) is 10.6 Å². The van der Waals surface area contributed by atoms with Gasteiger partial charge in [-0.3, -0.25) is 4.79 Å². The van der Waals surface area contributed by atoms with Gasteiger partial charge in [0.2, 0.25) is 0 Å². The molecule has 0 atom stereocenters. The summed E-state index contributed by atoms with van der Waals surface area (Å²) >= 11 is 3.12. The highest BCUT2D eigenvalue weighted by Gasteiger charge is 2.26. The smallest absolute Gasteiger partial charge is 0.265 e. The fourth-order valence-corrected chi connectivity index (χ4v) is 4.83. The number of aromatic nitrogens is 2. The maximum atomic E-state index is 13.0. The molecule has 0 N–H and O–H groups in total. The fourth-order valence-electron chi connectivity index (χ4n) is 3.09. The van der Waals surface area contributed by atoms with Crippen LogP contribution in [-0.2, 0) is 0 Å². The van der Waals surface area contributed by atoms with Crippen LogP contribution >= 0.6 is 22.7 Å². The number of thiophene rings is 1. The Bertz CT molecular complexity index is 931. The summed E-state index contributed by atoms with van der Waals surface area (Å²) in [6, 6.07) is 5.80. The molecule has 1 aliphatic rings. The van der Waals surface area contributed by atoms with Crippen molar-refractivity contribution in [3.63, 3.8) is 0 Å². The first-order valence-electron chi connectivity index (χ1n) is 8.70.